The molecule has 1 aromatic rings. The Kier molecular flexibility index (Phi) is 4.19. The van der Waals surface area contributed by atoms with Crippen LogP contribution in [0.15, 0.2) is 18.3 Å². The third-order valence-electron chi connectivity index (χ3n) is 2.14. The number of carboxylic acid groups (broad SMARTS) is 1. The van der Waals surface area contributed by atoms with Crippen LogP contribution in [0.4, 0.5) is 0 Å². The number of pyridine rings is 1. The van der Waals surface area contributed by atoms with Crippen LogP contribution in [-0.4, -0.2) is 30.7 Å². The molecule has 0 aromatic carbocycles. The van der Waals surface area contributed by atoms with Gasteiger partial charge in [-0.05, 0) is 18.6 Å². The summed E-state index contributed by atoms with van der Waals surface area (Å²) in [4.78, 5) is 14.6. The second-order valence-corrected chi connectivity index (χ2v) is 5.25. The molecule has 0 bridgehead atoms. The lowest BCUT2D eigenvalue weighted by atomic mass is 10.0. The molecule has 0 aliphatic carbocycles. The molecule has 0 radical (unpaired) electrons. The highest BCUT2D eigenvalue weighted by molar-refractivity contribution is 7.85. The summed E-state index contributed by atoms with van der Waals surface area (Å²) >= 11 is 0. The van der Waals surface area contributed by atoms with E-state index in [1.165, 1.54) is 6.20 Å². The second kappa shape index (κ2) is 5.24. The summed E-state index contributed by atoms with van der Waals surface area (Å²) in [6.07, 6.45) is 2.35. The number of hydrogen-bond donors (Lipinski definition) is 1. The third-order valence-corrected chi connectivity index (χ3v) is 2.68. The van der Waals surface area contributed by atoms with E-state index in [-0.39, 0.29) is 6.61 Å². The van der Waals surface area contributed by atoms with Crippen molar-refractivity contribution in [3.8, 4) is 0 Å². The van der Waals surface area contributed by atoms with Gasteiger partial charge in [0, 0.05) is 6.20 Å². The van der Waals surface area contributed by atoms with Crippen molar-refractivity contribution in [2.45, 2.75) is 19.4 Å². The predicted octanol–water partition coefficient (Wildman–Crippen LogP) is 0.746. The van der Waals surface area contributed by atoms with Crippen molar-refractivity contribution in [1.82, 2.24) is 4.98 Å². The van der Waals surface area contributed by atoms with Crippen LogP contribution in [0, 0.1) is 0 Å². The minimum Gasteiger partial charge on any atom is -0.481 e. The second-order valence-electron chi connectivity index (χ2n) is 3.61. The van der Waals surface area contributed by atoms with Crippen molar-refractivity contribution >= 4 is 16.1 Å². The van der Waals surface area contributed by atoms with Gasteiger partial charge in [-0.2, -0.15) is 8.42 Å². The van der Waals surface area contributed by atoms with Crippen LogP contribution in [0.2, 0.25) is 0 Å². The number of rotatable bonds is 5. The van der Waals surface area contributed by atoms with Crippen LogP contribution in [0.5, 0.6) is 0 Å². The van der Waals surface area contributed by atoms with Crippen LogP contribution in [-0.2, 0) is 25.7 Å². The molecule has 0 saturated heterocycles. The SMILES string of the molecule is CC(C(=O)O)c1ccc(COS(C)(=O)=O)nc1. The monoisotopic (exact) mass is 259 g/mol. The molecule has 1 aromatic heterocycles. The van der Waals surface area contributed by atoms with Gasteiger partial charge < -0.3 is 5.11 Å². The Labute approximate surface area is 99.4 Å². The number of aromatic nitrogens is 1. The molecule has 94 valence electrons. The highest BCUT2D eigenvalue weighted by atomic mass is 32.2. The number of hydrogen-bond acceptors (Lipinski definition) is 5. The molecule has 0 saturated carbocycles. The zero-order valence-corrected chi connectivity index (χ0v) is 10.3. The Morgan fingerprint density at radius 1 is 1.53 bits per heavy atom. The topological polar surface area (TPSA) is 93.6 Å². The minimum atomic E-state index is -3.50. The molecule has 1 rings (SSSR count). The van der Waals surface area contributed by atoms with E-state index in [4.69, 9.17) is 5.11 Å². The summed E-state index contributed by atoms with van der Waals surface area (Å²) in [7, 11) is -3.50. The number of aliphatic carboxylic acids is 1. The van der Waals surface area contributed by atoms with Crippen molar-refractivity contribution in [3.63, 3.8) is 0 Å². The predicted molar refractivity (Wildman–Crippen MR) is 59.9 cm³/mol. The molecule has 0 fully saturated rings. The van der Waals surface area contributed by atoms with Gasteiger partial charge in [-0.25, -0.2) is 0 Å². The van der Waals surface area contributed by atoms with E-state index >= 15 is 0 Å². The molecule has 1 unspecified atom stereocenters. The quantitative estimate of drug-likeness (QED) is 0.784. The Morgan fingerprint density at radius 3 is 2.59 bits per heavy atom. The average Bonchev–Trinajstić information content (AvgIpc) is 2.25. The molecule has 0 aliphatic heterocycles. The summed E-state index contributed by atoms with van der Waals surface area (Å²) in [6, 6.07) is 3.13. The van der Waals surface area contributed by atoms with E-state index in [2.05, 4.69) is 9.17 Å². The molecule has 0 aliphatic rings. The molecule has 17 heavy (non-hydrogen) atoms. The van der Waals surface area contributed by atoms with Crippen LogP contribution in [0.1, 0.15) is 24.1 Å². The summed E-state index contributed by atoms with van der Waals surface area (Å²) in [6.45, 7) is 1.40. The molecule has 6 nitrogen and oxygen atoms in total. The van der Waals surface area contributed by atoms with E-state index in [0.717, 1.165) is 6.26 Å². The maximum absolute atomic E-state index is 10.7. The van der Waals surface area contributed by atoms with Gasteiger partial charge >= 0.3 is 5.97 Å². The van der Waals surface area contributed by atoms with Gasteiger partial charge in [-0.3, -0.25) is 14.0 Å². The summed E-state index contributed by atoms with van der Waals surface area (Å²) < 4.78 is 26.0. The molecular formula is C10H13NO5S. The van der Waals surface area contributed by atoms with Crippen LogP contribution < -0.4 is 0 Å². The molecule has 7 heteroatoms. The third kappa shape index (κ3) is 4.49. The van der Waals surface area contributed by atoms with Gasteiger partial charge in [-0.1, -0.05) is 6.07 Å². The van der Waals surface area contributed by atoms with Crippen molar-refractivity contribution in [2.24, 2.45) is 0 Å². The number of nitrogens with zero attached hydrogens (tertiary/aromatic N) is 1. The Balaban J connectivity index is 2.72. The minimum absolute atomic E-state index is 0.152. The lowest BCUT2D eigenvalue weighted by Gasteiger charge is -2.06. The molecular weight excluding hydrogens is 246 g/mol. The standard InChI is InChI=1S/C10H13NO5S/c1-7(10(12)13)8-3-4-9(11-5-8)6-16-17(2,14)15/h3-5,7H,6H2,1-2H3,(H,12,13). The number of carbonyl (C=O) groups is 1. The van der Waals surface area contributed by atoms with E-state index in [9.17, 15) is 13.2 Å². The normalized spacial score (nSPS) is 13.3. The lowest BCUT2D eigenvalue weighted by Crippen LogP contribution is -2.08. The first-order chi connectivity index (χ1) is 7.79. The van der Waals surface area contributed by atoms with Gasteiger partial charge in [0.15, 0.2) is 0 Å². The first-order valence-electron chi connectivity index (χ1n) is 4.81. The highest BCUT2D eigenvalue weighted by Gasteiger charge is 2.13. The highest BCUT2D eigenvalue weighted by Crippen LogP contribution is 2.14. The lowest BCUT2D eigenvalue weighted by molar-refractivity contribution is -0.138. The summed E-state index contributed by atoms with van der Waals surface area (Å²) in [5.74, 6) is -1.58. The van der Waals surface area contributed by atoms with Crippen LogP contribution >= 0.6 is 0 Å². The first-order valence-corrected chi connectivity index (χ1v) is 6.63. The fourth-order valence-electron chi connectivity index (χ4n) is 1.09. The molecule has 1 atom stereocenters. The first kappa shape index (κ1) is 13.6. The molecule has 1 heterocycles. The number of carboxylic acids is 1. The van der Waals surface area contributed by atoms with E-state index in [1.807, 2.05) is 0 Å². The van der Waals surface area contributed by atoms with Crippen molar-refractivity contribution in [2.75, 3.05) is 6.26 Å². The van der Waals surface area contributed by atoms with Gasteiger partial charge in [0.25, 0.3) is 10.1 Å². The molecule has 0 spiro atoms. The Morgan fingerprint density at radius 2 is 2.18 bits per heavy atom. The zero-order chi connectivity index (χ0) is 13.1. The average molecular weight is 259 g/mol. The van der Waals surface area contributed by atoms with E-state index < -0.39 is 22.0 Å². The fourth-order valence-corrected chi connectivity index (χ4v) is 1.42. The molecule has 0 amide bonds. The fraction of sp³-hybridized carbons (Fsp3) is 0.400. The van der Waals surface area contributed by atoms with Gasteiger partial charge in [0.05, 0.1) is 17.9 Å². The van der Waals surface area contributed by atoms with Gasteiger partial charge in [0.2, 0.25) is 0 Å². The summed E-state index contributed by atoms with van der Waals surface area (Å²) in [5, 5.41) is 8.78. The van der Waals surface area contributed by atoms with Crippen LogP contribution in [0.3, 0.4) is 0 Å². The Bertz CT molecular complexity index is 494. The van der Waals surface area contributed by atoms with Crippen molar-refractivity contribution in [3.05, 3.63) is 29.6 Å². The maximum Gasteiger partial charge on any atom is 0.310 e. The van der Waals surface area contributed by atoms with Crippen LogP contribution in [0.25, 0.3) is 0 Å². The van der Waals surface area contributed by atoms with E-state index in [0.29, 0.717) is 11.3 Å². The zero-order valence-electron chi connectivity index (χ0n) is 9.45. The van der Waals surface area contributed by atoms with Gasteiger partial charge in [0.1, 0.15) is 6.61 Å². The van der Waals surface area contributed by atoms with Crippen molar-refractivity contribution < 1.29 is 22.5 Å². The smallest absolute Gasteiger partial charge is 0.310 e. The summed E-state index contributed by atoms with van der Waals surface area (Å²) in [5.41, 5.74) is 0.984. The van der Waals surface area contributed by atoms with Gasteiger partial charge in [-0.15, -0.1) is 0 Å². The Hall–Kier alpha value is -1.47. The molecule has 1 N–H and O–H groups in total. The van der Waals surface area contributed by atoms with E-state index in [1.54, 1.807) is 19.1 Å². The largest absolute Gasteiger partial charge is 0.481 e. The maximum atomic E-state index is 10.7. The van der Waals surface area contributed by atoms with Crippen molar-refractivity contribution in [1.29, 1.82) is 0 Å².